The Morgan fingerprint density at radius 1 is 1.41 bits per heavy atom. The molecule has 1 aromatic heterocycles. The van der Waals surface area contributed by atoms with Crippen LogP contribution in [0.3, 0.4) is 0 Å². The second-order valence-corrected chi connectivity index (χ2v) is 4.10. The Balaban J connectivity index is 2.88. The van der Waals surface area contributed by atoms with E-state index in [2.05, 4.69) is 23.7 Å². The van der Waals surface area contributed by atoms with Gasteiger partial charge in [-0.2, -0.15) is 0 Å². The highest BCUT2D eigenvalue weighted by Crippen LogP contribution is 2.21. The van der Waals surface area contributed by atoms with Crippen molar-refractivity contribution in [2.24, 2.45) is 0 Å². The molecular formula is C13H23N3O. The van der Waals surface area contributed by atoms with Crippen molar-refractivity contribution in [3.8, 4) is 0 Å². The number of nitrogens with zero attached hydrogens (tertiary/aromatic N) is 2. The van der Waals surface area contributed by atoms with Crippen LogP contribution in [0.5, 0.6) is 0 Å². The van der Waals surface area contributed by atoms with Crippen molar-refractivity contribution in [1.82, 2.24) is 4.98 Å². The number of methoxy groups -OCH3 is 1. The molecule has 0 aliphatic heterocycles. The lowest BCUT2D eigenvalue weighted by atomic mass is 10.1. The molecule has 17 heavy (non-hydrogen) atoms. The van der Waals surface area contributed by atoms with Crippen LogP contribution in [0, 0.1) is 0 Å². The Kier molecular flexibility index (Phi) is 5.77. The summed E-state index contributed by atoms with van der Waals surface area (Å²) in [6, 6.07) is 4.45. The first-order chi connectivity index (χ1) is 8.22. The van der Waals surface area contributed by atoms with Crippen LogP contribution in [0.15, 0.2) is 18.3 Å². The van der Waals surface area contributed by atoms with Gasteiger partial charge in [0.05, 0.1) is 6.61 Å². The Hall–Kier alpha value is -1.29. The van der Waals surface area contributed by atoms with E-state index in [1.54, 1.807) is 13.3 Å². The van der Waals surface area contributed by atoms with E-state index >= 15 is 0 Å². The average Bonchev–Trinajstić information content (AvgIpc) is 2.34. The zero-order chi connectivity index (χ0) is 12.7. The summed E-state index contributed by atoms with van der Waals surface area (Å²) in [5.41, 5.74) is 6.87. The van der Waals surface area contributed by atoms with Gasteiger partial charge in [0, 0.05) is 37.6 Å². The standard InChI is InChI=1S/C13H23N3O/c1-4-11(5-2)16(8-9-17-3)12-6-7-15-13(14)10-12/h6-7,10-11H,4-5,8-9H2,1-3H3,(H2,14,15). The van der Waals surface area contributed by atoms with Gasteiger partial charge in [-0.3, -0.25) is 0 Å². The van der Waals surface area contributed by atoms with Crippen LogP contribution in [0.4, 0.5) is 11.5 Å². The predicted octanol–water partition coefficient (Wildman–Crippen LogP) is 2.31. The molecule has 0 unspecified atom stereocenters. The molecule has 4 nitrogen and oxygen atoms in total. The highest BCUT2D eigenvalue weighted by molar-refractivity contribution is 5.52. The second-order valence-electron chi connectivity index (χ2n) is 4.10. The highest BCUT2D eigenvalue weighted by Gasteiger charge is 2.15. The summed E-state index contributed by atoms with van der Waals surface area (Å²) in [6.07, 6.45) is 3.98. The molecule has 4 heteroatoms. The molecule has 0 saturated heterocycles. The summed E-state index contributed by atoms with van der Waals surface area (Å²) in [5.74, 6) is 0.566. The van der Waals surface area contributed by atoms with Gasteiger partial charge in [0.15, 0.2) is 0 Å². The molecule has 0 spiro atoms. The third kappa shape index (κ3) is 3.89. The molecule has 0 aromatic carbocycles. The third-order valence-corrected chi connectivity index (χ3v) is 3.02. The number of aromatic nitrogens is 1. The van der Waals surface area contributed by atoms with Gasteiger partial charge >= 0.3 is 0 Å². The first-order valence-corrected chi connectivity index (χ1v) is 6.20. The van der Waals surface area contributed by atoms with E-state index in [0.717, 1.165) is 31.7 Å². The van der Waals surface area contributed by atoms with Gasteiger partial charge in [-0.1, -0.05) is 13.8 Å². The van der Waals surface area contributed by atoms with Crippen LogP contribution in [0.25, 0.3) is 0 Å². The van der Waals surface area contributed by atoms with E-state index < -0.39 is 0 Å². The summed E-state index contributed by atoms with van der Waals surface area (Å²) in [6.45, 7) is 6.02. The van der Waals surface area contributed by atoms with E-state index in [0.29, 0.717) is 11.9 Å². The molecule has 1 rings (SSSR count). The molecule has 0 fully saturated rings. The van der Waals surface area contributed by atoms with Crippen molar-refractivity contribution in [2.75, 3.05) is 30.9 Å². The van der Waals surface area contributed by atoms with E-state index in [4.69, 9.17) is 10.5 Å². The normalized spacial score (nSPS) is 10.8. The fourth-order valence-corrected chi connectivity index (χ4v) is 2.06. The predicted molar refractivity (Wildman–Crippen MR) is 72.2 cm³/mol. The maximum atomic E-state index is 5.74. The van der Waals surface area contributed by atoms with Crippen molar-refractivity contribution >= 4 is 11.5 Å². The number of nitrogens with two attached hydrogens (primary N) is 1. The van der Waals surface area contributed by atoms with Gasteiger partial charge in [0.2, 0.25) is 0 Å². The maximum absolute atomic E-state index is 5.74. The van der Waals surface area contributed by atoms with Crippen LogP contribution < -0.4 is 10.6 Å². The number of hydrogen-bond donors (Lipinski definition) is 1. The minimum atomic E-state index is 0.520. The van der Waals surface area contributed by atoms with Crippen molar-refractivity contribution in [2.45, 2.75) is 32.7 Å². The number of pyridine rings is 1. The molecular weight excluding hydrogens is 214 g/mol. The summed E-state index contributed by atoms with van der Waals surface area (Å²) >= 11 is 0. The first kappa shape index (κ1) is 13.8. The molecule has 0 saturated carbocycles. The van der Waals surface area contributed by atoms with Crippen LogP contribution in [0.2, 0.25) is 0 Å². The van der Waals surface area contributed by atoms with E-state index in [9.17, 15) is 0 Å². The van der Waals surface area contributed by atoms with Gasteiger partial charge in [-0.15, -0.1) is 0 Å². The molecule has 0 bridgehead atoms. The van der Waals surface area contributed by atoms with Crippen molar-refractivity contribution < 1.29 is 4.74 Å². The zero-order valence-corrected chi connectivity index (χ0v) is 11.0. The van der Waals surface area contributed by atoms with Gasteiger partial charge in [-0.25, -0.2) is 4.98 Å². The highest BCUT2D eigenvalue weighted by atomic mass is 16.5. The summed E-state index contributed by atoms with van der Waals surface area (Å²) in [7, 11) is 1.73. The molecule has 1 heterocycles. The monoisotopic (exact) mass is 237 g/mol. The van der Waals surface area contributed by atoms with Crippen LogP contribution in [0.1, 0.15) is 26.7 Å². The lowest BCUT2D eigenvalue weighted by Crippen LogP contribution is -2.37. The van der Waals surface area contributed by atoms with Gasteiger partial charge < -0.3 is 15.4 Å². The van der Waals surface area contributed by atoms with Crippen molar-refractivity contribution in [1.29, 1.82) is 0 Å². The Morgan fingerprint density at radius 2 is 2.12 bits per heavy atom. The fourth-order valence-electron chi connectivity index (χ4n) is 2.06. The average molecular weight is 237 g/mol. The zero-order valence-electron chi connectivity index (χ0n) is 11.0. The minimum absolute atomic E-state index is 0.520. The van der Waals surface area contributed by atoms with E-state index in [-0.39, 0.29) is 0 Å². The SMILES string of the molecule is CCC(CC)N(CCOC)c1ccnc(N)c1. The minimum Gasteiger partial charge on any atom is -0.384 e. The number of nitrogen functional groups attached to an aromatic ring is 1. The summed E-state index contributed by atoms with van der Waals surface area (Å²) in [5, 5.41) is 0. The quantitative estimate of drug-likeness (QED) is 0.790. The Labute approximate surface area is 104 Å². The van der Waals surface area contributed by atoms with Crippen molar-refractivity contribution in [3.63, 3.8) is 0 Å². The molecule has 0 radical (unpaired) electrons. The first-order valence-electron chi connectivity index (χ1n) is 6.20. The molecule has 96 valence electrons. The maximum Gasteiger partial charge on any atom is 0.125 e. The summed E-state index contributed by atoms with van der Waals surface area (Å²) in [4.78, 5) is 6.38. The molecule has 0 amide bonds. The molecule has 2 N–H and O–H groups in total. The molecule has 1 aromatic rings. The van der Waals surface area contributed by atoms with Gasteiger partial charge in [0.1, 0.15) is 5.82 Å². The van der Waals surface area contributed by atoms with Gasteiger partial charge in [0.25, 0.3) is 0 Å². The number of rotatable bonds is 7. The van der Waals surface area contributed by atoms with Crippen molar-refractivity contribution in [3.05, 3.63) is 18.3 Å². The fraction of sp³-hybridized carbons (Fsp3) is 0.615. The second kappa shape index (κ2) is 7.12. The van der Waals surface area contributed by atoms with E-state index in [1.807, 2.05) is 12.1 Å². The molecule has 0 aliphatic rings. The topological polar surface area (TPSA) is 51.4 Å². The van der Waals surface area contributed by atoms with Crippen LogP contribution >= 0.6 is 0 Å². The molecule has 0 aliphatic carbocycles. The summed E-state index contributed by atoms with van der Waals surface area (Å²) < 4.78 is 5.17. The lowest BCUT2D eigenvalue weighted by molar-refractivity contribution is 0.202. The van der Waals surface area contributed by atoms with E-state index in [1.165, 1.54) is 0 Å². The number of hydrogen-bond acceptors (Lipinski definition) is 4. The molecule has 0 atom stereocenters. The van der Waals surface area contributed by atoms with Crippen LogP contribution in [-0.4, -0.2) is 31.3 Å². The van der Waals surface area contributed by atoms with Crippen LogP contribution in [-0.2, 0) is 4.74 Å². The largest absolute Gasteiger partial charge is 0.384 e. The number of anilines is 2. The Morgan fingerprint density at radius 3 is 2.65 bits per heavy atom. The third-order valence-electron chi connectivity index (χ3n) is 3.02. The Bertz CT molecular complexity index is 326. The lowest BCUT2D eigenvalue weighted by Gasteiger charge is -2.32. The smallest absolute Gasteiger partial charge is 0.125 e. The van der Waals surface area contributed by atoms with Gasteiger partial charge in [-0.05, 0) is 18.9 Å². The number of ether oxygens (including phenoxy) is 1.